The second-order valence-corrected chi connectivity index (χ2v) is 4.75. The molecule has 1 amide bonds. The Morgan fingerprint density at radius 1 is 1.19 bits per heavy atom. The number of benzene rings is 1. The second-order valence-electron chi connectivity index (χ2n) is 4.75. The van der Waals surface area contributed by atoms with Gasteiger partial charge >= 0.3 is 0 Å². The molecule has 0 spiro atoms. The summed E-state index contributed by atoms with van der Waals surface area (Å²) in [6.07, 6.45) is 3.21. The van der Waals surface area contributed by atoms with Crippen LogP contribution in [0.15, 0.2) is 47.8 Å². The summed E-state index contributed by atoms with van der Waals surface area (Å²) in [6.45, 7) is 5.39. The largest absolute Gasteiger partial charge is 0.735 e. The number of nitrogens with zero attached hydrogens (tertiary/aromatic N) is 3. The van der Waals surface area contributed by atoms with Crippen LogP contribution in [0.1, 0.15) is 34.0 Å². The summed E-state index contributed by atoms with van der Waals surface area (Å²) in [6, 6.07) is 8.74. The monoisotopic (exact) mass is 282 g/mol. The summed E-state index contributed by atoms with van der Waals surface area (Å²) in [5, 5.41) is 15.9. The average molecular weight is 282 g/mol. The average Bonchev–Trinajstić information content (AvgIpc) is 2.50. The van der Waals surface area contributed by atoms with Crippen molar-refractivity contribution in [3.63, 3.8) is 0 Å². The van der Waals surface area contributed by atoms with E-state index < -0.39 is 5.91 Å². The van der Waals surface area contributed by atoms with Crippen LogP contribution in [0.2, 0.25) is 0 Å². The zero-order valence-corrected chi connectivity index (χ0v) is 12.2. The van der Waals surface area contributed by atoms with Gasteiger partial charge in [0.2, 0.25) is 0 Å². The molecule has 0 aliphatic heterocycles. The molecule has 2 rings (SSSR count). The molecule has 5 heteroatoms. The molecule has 0 fully saturated rings. The highest BCUT2D eigenvalue weighted by Gasteiger charge is 2.12. The number of rotatable bonds is 3. The predicted molar refractivity (Wildman–Crippen MR) is 81.9 cm³/mol. The van der Waals surface area contributed by atoms with E-state index in [2.05, 4.69) is 10.1 Å². The highest BCUT2D eigenvalue weighted by Crippen LogP contribution is 2.15. The van der Waals surface area contributed by atoms with Crippen LogP contribution in [-0.4, -0.2) is 21.8 Å². The van der Waals surface area contributed by atoms with Crippen molar-refractivity contribution in [3.05, 3.63) is 70.2 Å². The first-order valence-electron chi connectivity index (χ1n) is 6.54. The molecule has 0 aliphatic rings. The first kappa shape index (κ1) is 14.9. The molecule has 0 bridgehead atoms. The molecule has 5 nitrogen and oxygen atoms in total. The van der Waals surface area contributed by atoms with Gasteiger partial charge in [0.05, 0.1) is 5.71 Å². The fraction of sp³-hybridized carbons (Fsp3) is 0.188. The molecule has 0 saturated carbocycles. The zero-order valence-electron chi connectivity index (χ0n) is 12.2. The van der Waals surface area contributed by atoms with E-state index >= 15 is 0 Å². The maximum atomic E-state index is 12.2. The fourth-order valence-corrected chi connectivity index (χ4v) is 1.92. The van der Waals surface area contributed by atoms with Gasteiger partial charge in [0.15, 0.2) is 0 Å². The van der Waals surface area contributed by atoms with Crippen molar-refractivity contribution in [2.75, 3.05) is 0 Å². The lowest BCUT2D eigenvalue weighted by Crippen LogP contribution is -2.22. The summed E-state index contributed by atoms with van der Waals surface area (Å²) in [4.78, 5) is 16.1. The Hall–Kier alpha value is -2.53. The number of aromatic nitrogens is 1. The summed E-state index contributed by atoms with van der Waals surface area (Å²) < 4.78 is 0. The number of hydrogen-bond donors (Lipinski definition) is 0. The summed E-state index contributed by atoms with van der Waals surface area (Å²) in [5.41, 5.74) is 3.34. The maximum Gasteiger partial charge on any atom is 0.264 e. The Morgan fingerprint density at radius 3 is 2.52 bits per heavy atom. The molecule has 2 aromatic rings. The first-order valence-corrected chi connectivity index (χ1v) is 6.54. The van der Waals surface area contributed by atoms with Crippen molar-refractivity contribution in [2.24, 2.45) is 5.10 Å². The Balaban J connectivity index is 2.26. The van der Waals surface area contributed by atoms with Gasteiger partial charge in [-0.15, -0.1) is 0 Å². The first-order chi connectivity index (χ1) is 10.0. The molecule has 0 unspecified atom stereocenters. The van der Waals surface area contributed by atoms with E-state index in [1.54, 1.807) is 43.6 Å². The van der Waals surface area contributed by atoms with E-state index in [-0.39, 0.29) is 5.17 Å². The van der Waals surface area contributed by atoms with E-state index in [1.165, 1.54) is 0 Å². The highest BCUT2D eigenvalue weighted by molar-refractivity contribution is 6.01. The summed E-state index contributed by atoms with van der Waals surface area (Å²) in [5.74, 6) is -0.662. The number of amides is 1. The van der Waals surface area contributed by atoms with Crippen molar-refractivity contribution in [3.8, 4) is 0 Å². The molecular formula is C16H16N3O2-. The second kappa shape index (κ2) is 6.28. The van der Waals surface area contributed by atoms with E-state index in [0.717, 1.165) is 16.7 Å². The molecule has 1 heterocycles. The van der Waals surface area contributed by atoms with Crippen LogP contribution in [0, 0.1) is 19.1 Å². The van der Waals surface area contributed by atoms with Crippen LogP contribution in [-0.2, 0) is 0 Å². The third-order valence-corrected chi connectivity index (χ3v) is 3.35. The zero-order chi connectivity index (χ0) is 15.4. The van der Waals surface area contributed by atoms with Gasteiger partial charge < -0.3 is 5.21 Å². The summed E-state index contributed by atoms with van der Waals surface area (Å²) >= 11 is 0. The lowest BCUT2D eigenvalue weighted by Gasteiger charge is -2.24. The number of hydroxylamine groups is 1. The van der Waals surface area contributed by atoms with Crippen LogP contribution < -0.4 is 0 Å². The van der Waals surface area contributed by atoms with Crippen LogP contribution in [0.25, 0.3) is 0 Å². The van der Waals surface area contributed by atoms with E-state index in [9.17, 15) is 10.0 Å². The number of pyridine rings is 1. The molecule has 21 heavy (non-hydrogen) atoms. The predicted octanol–water partition coefficient (Wildman–Crippen LogP) is 3.06. The fourth-order valence-electron chi connectivity index (χ4n) is 1.92. The number of hydrogen-bond acceptors (Lipinski definition) is 4. The third kappa shape index (κ3) is 3.32. The molecule has 0 saturated heterocycles. The van der Waals surface area contributed by atoms with Gasteiger partial charge in [-0.1, -0.05) is 12.1 Å². The molecular weight excluding hydrogens is 266 g/mol. The Labute approximate surface area is 123 Å². The van der Waals surface area contributed by atoms with Crippen LogP contribution in [0.4, 0.5) is 0 Å². The van der Waals surface area contributed by atoms with Crippen LogP contribution >= 0.6 is 0 Å². The van der Waals surface area contributed by atoms with Crippen LogP contribution in [0.3, 0.4) is 0 Å². The third-order valence-electron chi connectivity index (χ3n) is 3.35. The molecule has 0 aliphatic carbocycles. The molecule has 0 radical (unpaired) electrons. The number of carbonyl (C=O) groups excluding carboxylic acids is 1. The van der Waals surface area contributed by atoms with Gasteiger partial charge in [0.25, 0.3) is 5.91 Å². The highest BCUT2D eigenvalue weighted by atomic mass is 16.5. The molecule has 108 valence electrons. The van der Waals surface area contributed by atoms with E-state index in [0.29, 0.717) is 11.3 Å². The molecule has 1 aromatic carbocycles. The lowest BCUT2D eigenvalue weighted by atomic mass is 10.0. The van der Waals surface area contributed by atoms with Crippen molar-refractivity contribution >= 4 is 11.6 Å². The number of carbonyl (C=O) groups is 1. The van der Waals surface area contributed by atoms with Crippen molar-refractivity contribution in [1.29, 1.82) is 0 Å². The standard InChI is InChI=1S/C16H16N3O2/c1-11-5-4-6-15(12(11)2)16(20)19(21)18-13(3)14-7-9-17-10-8-14/h4-10H,1-3H3/q-1. The van der Waals surface area contributed by atoms with Crippen molar-refractivity contribution in [1.82, 2.24) is 10.2 Å². The van der Waals surface area contributed by atoms with Crippen molar-refractivity contribution in [2.45, 2.75) is 20.8 Å². The van der Waals surface area contributed by atoms with Crippen LogP contribution in [0.5, 0.6) is 0 Å². The van der Waals surface area contributed by atoms with Gasteiger partial charge in [0, 0.05) is 23.5 Å². The van der Waals surface area contributed by atoms with Gasteiger partial charge in [-0.05, 0) is 50.1 Å². The number of aryl methyl sites for hydroxylation is 1. The number of hydrazone groups is 1. The van der Waals surface area contributed by atoms with Crippen molar-refractivity contribution < 1.29 is 4.79 Å². The van der Waals surface area contributed by atoms with Gasteiger partial charge in [-0.2, -0.15) is 5.10 Å². The molecule has 0 N–H and O–H groups in total. The minimum Gasteiger partial charge on any atom is -0.735 e. The normalized spacial score (nSPS) is 11.3. The minimum absolute atomic E-state index is 0.136. The Bertz CT molecular complexity index is 681. The van der Waals surface area contributed by atoms with Gasteiger partial charge in [-0.25, -0.2) is 0 Å². The van der Waals surface area contributed by atoms with E-state index in [1.807, 2.05) is 19.9 Å². The SMILES string of the molecule is CC(=NN([O-])C(=O)c1cccc(C)c1C)c1ccncc1. The lowest BCUT2D eigenvalue weighted by molar-refractivity contribution is 0.0825. The maximum absolute atomic E-state index is 12.2. The summed E-state index contributed by atoms with van der Waals surface area (Å²) in [7, 11) is 0. The van der Waals surface area contributed by atoms with Gasteiger partial charge in [0.1, 0.15) is 0 Å². The Morgan fingerprint density at radius 2 is 1.86 bits per heavy atom. The quantitative estimate of drug-likeness (QED) is 0.641. The topological polar surface area (TPSA) is 68.6 Å². The smallest absolute Gasteiger partial charge is 0.264 e. The minimum atomic E-state index is -0.662. The van der Waals surface area contributed by atoms with Gasteiger partial charge in [-0.3, -0.25) is 15.0 Å². The molecule has 1 aromatic heterocycles. The Kier molecular flexibility index (Phi) is 4.45. The van der Waals surface area contributed by atoms with E-state index in [4.69, 9.17) is 0 Å². The molecule has 0 atom stereocenters.